The largest absolute Gasteiger partial charge is 0.444 e. The molecule has 0 N–H and O–H groups in total. The highest BCUT2D eigenvalue weighted by Crippen LogP contribution is 2.24. The molecule has 0 saturated carbocycles. The van der Waals surface area contributed by atoms with E-state index in [-0.39, 0.29) is 18.5 Å². The molecule has 1 saturated heterocycles. The van der Waals surface area contributed by atoms with Crippen molar-refractivity contribution in [3.8, 4) is 0 Å². The number of aryl methyl sites for hydroxylation is 1. The molecule has 0 aromatic heterocycles. The van der Waals surface area contributed by atoms with Gasteiger partial charge in [0.2, 0.25) is 0 Å². The van der Waals surface area contributed by atoms with Crippen LogP contribution in [0.3, 0.4) is 0 Å². The molecule has 1 heterocycles. The maximum atomic E-state index is 12.1. The van der Waals surface area contributed by atoms with E-state index in [4.69, 9.17) is 9.47 Å². The molecule has 1 amide bonds. The van der Waals surface area contributed by atoms with Crippen molar-refractivity contribution in [2.45, 2.75) is 64.9 Å². The van der Waals surface area contributed by atoms with E-state index in [0.717, 1.165) is 38.8 Å². The van der Waals surface area contributed by atoms with Crippen molar-refractivity contribution in [3.05, 3.63) is 35.4 Å². The standard InChI is InChI=1S/C23H35NO4/c1-23(2,3)28-22(26)24-15-13-19(14-16-24)8-6-5-7-18-9-11-20(12-10-18)21(25)17-27-4/h9-12,19H,5-8,13-17H2,1-4H3. The number of rotatable bonds is 8. The van der Waals surface area contributed by atoms with Gasteiger partial charge in [-0.2, -0.15) is 0 Å². The van der Waals surface area contributed by atoms with Gasteiger partial charge in [-0.15, -0.1) is 0 Å². The van der Waals surface area contributed by atoms with Crippen molar-refractivity contribution in [2.75, 3.05) is 26.8 Å². The maximum absolute atomic E-state index is 12.1. The normalized spacial score (nSPS) is 15.5. The number of carbonyl (C=O) groups excluding carboxylic acids is 2. The van der Waals surface area contributed by atoms with E-state index in [1.807, 2.05) is 49.9 Å². The van der Waals surface area contributed by atoms with Crippen LogP contribution in [0, 0.1) is 5.92 Å². The summed E-state index contributed by atoms with van der Waals surface area (Å²) in [7, 11) is 1.54. The molecule has 2 rings (SSSR count). The van der Waals surface area contributed by atoms with Crippen LogP contribution in [0.2, 0.25) is 0 Å². The lowest BCUT2D eigenvalue weighted by Crippen LogP contribution is -2.41. The summed E-state index contributed by atoms with van der Waals surface area (Å²) >= 11 is 0. The lowest BCUT2D eigenvalue weighted by atomic mass is 9.91. The Kier molecular flexibility index (Phi) is 8.49. The van der Waals surface area contributed by atoms with E-state index in [2.05, 4.69) is 0 Å². The fourth-order valence-electron chi connectivity index (χ4n) is 3.56. The Morgan fingerprint density at radius 2 is 1.71 bits per heavy atom. The Hall–Kier alpha value is -1.88. The summed E-state index contributed by atoms with van der Waals surface area (Å²) in [4.78, 5) is 25.7. The summed E-state index contributed by atoms with van der Waals surface area (Å²) in [6, 6.07) is 7.87. The zero-order valence-electron chi connectivity index (χ0n) is 17.8. The number of piperidine rings is 1. The highest BCUT2D eigenvalue weighted by molar-refractivity contribution is 5.97. The van der Waals surface area contributed by atoms with Crippen LogP contribution < -0.4 is 0 Å². The molecular weight excluding hydrogens is 354 g/mol. The zero-order chi connectivity index (χ0) is 20.6. The SMILES string of the molecule is COCC(=O)c1ccc(CCCCC2CCN(C(=O)OC(C)(C)C)CC2)cc1. The van der Waals surface area contributed by atoms with Crippen molar-refractivity contribution < 1.29 is 19.1 Å². The molecule has 1 aliphatic rings. The first kappa shape index (κ1) is 22.4. The van der Waals surface area contributed by atoms with Gasteiger partial charge >= 0.3 is 6.09 Å². The molecule has 0 unspecified atom stereocenters. The second kappa shape index (κ2) is 10.6. The van der Waals surface area contributed by atoms with Crippen LogP contribution in [0.25, 0.3) is 0 Å². The molecule has 0 spiro atoms. The molecule has 0 atom stereocenters. The second-order valence-electron chi connectivity index (χ2n) is 8.71. The van der Waals surface area contributed by atoms with Gasteiger partial charge in [-0.05, 0) is 57.9 Å². The summed E-state index contributed by atoms with van der Waals surface area (Å²) in [6.07, 6.45) is 6.55. The molecule has 1 aromatic carbocycles. The number of ether oxygens (including phenoxy) is 2. The topological polar surface area (TPSA) is 55.8 Å². The third kappa shape index (κ3) is 7.63. The van der Waals surface area contributed by atoms with Gasteiger partial charge in [0, 0.05) is 25.8 Å². The molecule has 1 fully saturated rings. The Bertz CT molecular complexity index is 625. The highest BCUT2D eigenvalue weighted by atomic mass is 16.6. The molecule has 1 aromatic rings. The lowest BCUT2D eigenvalue weighted by Gasteiger charge is -2.33. The molecular formula is C23H35NO4. The molecule has 156 valence electrons. The van der Waals surface area contributed by atoms with Crippen molar-refractivity contribution in [1.82, 2.24) is 4.90 Å². The smallest absolute Gasteiger partial charge is 0.410 e. The lowest BCUT2D eigenvalue weighted by molar-refractivity contribution is 0.0180. The first-order valence-electron chi connectivity index (χ1n) is 10.4. The number of ketones is 1. The van der Waals surface area contributed by atoms with Gasteiger partial charge in [0.1, 0.15) is 12.2 Å². The summed E-state index contributed by atoms with van der Waals surface area (Å²) in [6.45, 7) is 7.45. The van der Waals surface area contributed by atoms with Gasteiger partial charge in [0.25, 0.3) is 0 Å². The number of Topliss-reactive ketones (excluding diaryl/α,β-unsaturated/α-hetero) is 1. The summed E-state index contributed by atoms with van der Waals surface area (Å²) < 4.78 is 10.3. The predicted octanol–water partition coefficient (Wildman–Crippen LogP) is 4.88. The fraction of sp³-hybridized carbons (Fsp3) is 0.652. The average Bonchev–Trinajstić information content (AvgIpc) is 2.65. The Morgan fingerprint density at radius 1 is 1.07 bits per heavy atom. The zero-order valence-corrected chi connectivity index (χ0v) is 17.8. The average molecular weight is 390 g/mol. The van der Waals surface area contributed by atoms with E-state index in [0.29, 0.717) is 11.5 Å². The van der Waals surface area contributed by atoms with Crippen LogP contribution in [-0.4, -0.2) is 49.2 Å². The number of carbonyl (C=O) groups is 2. The third-order valence-electron chi connectivity index (χ3n) is 5.15. The Morgan fingerprint density at radius 3 is 2.29 bits per heavy atom. The van der Waals surface area contributed by atoms with E-state index in [9.17, 15) is 9.59 Å². The molecule has 5 heteroatoms. The molecule has 0 bridgehead atoms. The highest BCUT2D eigenvalue weighted by Gasteiger charge is 2.26. The number of amides is 1. The molecule has 28 heavy (non-hydrogen) atoms. The molecule has 5 nitrogen and oxygen atoms in total. The predicted molar refractivity (Wildman–Crippen MR) is 111 cm³/mol. The van der Waals surface area contributed by atoms with Crippen molar-refractivity contribution in [1.29, 1.82) is 0 Å². The second-order valence-corrected chi connectivity index (χ2v) is 8.71. The van der Waals surface area contributed by atoms with Crippen LogP contribution in [-0.2, 0) is 15.9 Å². The molecule has 0 radical (unpaired) electrons. The van der Waals surface area contributed by atoms with Gasteiger partial charge in [-0.25, -0.2) is 4.79 Å². The van der Waals surface area contributed by atoms with Crippen LogP contribution in [0.4, 0.5) is 4.79 Å². The van der Waals surface area contributed by atoms with E-state index < -0.39 is 5.60 Å². The number of benzene rings is 1. The molecule has 1 aliphatic heterocycles. The Balaban J connectivity index is 1.63. The van der Waals surface area contributed by atoms with Crippen LogP contribution in [0.1, 0.15) is 68.8 Å². The fourth-order valence-corrected chi connectivity index (χ4v) is 3.56. The molecule has 0 aliphatic carbocycles. The Labute approximate surface area is 169 Å². The maximum Gasteiger partial charge on any atom is 0.410 e. The monoisotopic (exact) mass is 389 g/mol. The summed E-state index contributed by atoms with van der Waals surface area (Å²) in [5.41, 5.74) is 1.56. The van der Waals surface area contributed by atoms with Gasteiger partial charge in [-0.3, -0.25) is 4.79 Å². The minimum absolute atomic E-state index is 0.0202. The van der Waals surface area contributed by atoms with Crippen LogP contribution in [0.15, 0.2) is 24.3 Å². The van der Waals surface area contributed by atoms with Crippen LogP contribution in [0.5, 0.6) is 0 Å². The van der Waals surface area contributed by atoms with Crippen LogP contribution >= 0.6 is 0 Å². The van der Waals surface area contributed by atoms with E-state index in [1.54, 1.807) is 0 Å². The van der Waals surface area contributed by atoms with Crippen molar-refractivity contribution in [3.63, 3.8) is 0 Å². The van der Waals surface area contributed by atoms with Gasteiger partial charge < -0.3 is 14.4 Å². The third-order valence-corrected chi connectivity index (χ3v) is 5.15. The van der Waals surface area contributed by atoms with E-state index in [1.165, 1.54) is 25.5 Å². The number of hydrogen-bond donors (Lipinski definition) is 0. The summed E-state index contributed by atoms with van der Waals surface area (Å²) in [5, 5.41) is 0. The summed E-state index contributed by atoms with van der Waals surface area (Å²) in [5.74, 6) is 0.722. The first-order chi connectivity index (χ1) is 13.3. The minimum Gasteiger partial charge on any atom is -0.444 e. The first-order valence-corrected chi connectivity index (χ1v) is 10.4. The van der Waals surface area contributed by atoms with Gasteiger partial charge in [-0.1, -0.05) is 37.1 Å². The minimum atomic E-state index is -0.427. The number of nitrogens with zero attached hydrogens (tertiary/aromatic N) is 1. The number of methoxy groups -OCH3 is 1. The number of hydrogen-bond acceptors (Lipinski definition) is 4. The van der Waals surface area contributed by atoms with E-state index >= 15 is 0 Å². The quantitative estimate of drug-likeness (QED) is 0.470. The van der Waals surface area contributed by atoms with Gasteiger partial charge in [0.15, 0.2) is 5.78 Å². The number of likely N-dealkylation sites (tertiary alicyclic amines) is 1. The van der Waals surface area contributed by atoms with Crippen molar-refractivity contribution in [2.24, 2.45) is 5.92 Å². The number of unbranched alkanes of at least 4 members (excludes halogenated alkanes) is 1. The van der Waals surface area contributed by atoms with Crippen molar-refractivity contribution >= 4 is 11.9 Å². The van der Waals surface area contributed by atoms with Gasteiger partial charge in [0.05, 0.1) is 0 Å².